The number of anilines is 1. The number of rotatable bonds is 3. The van der Waals surface area contributed by atoms with Gasteiger partial charge in [0.15, 0.2) is 17.3 Å². The molecule has 3 aromatic rings. The van der Waals surface area contributed by atoms with E-state index in [1.54, 1.807) is 18.2 Å². The van der Waals surface area contributed by atoms with E-state index in [0.717, 1.165) is 6.07 Å². The molecule has 7 nitrogen and oxygen atoms in total. The summed E-state index contributed by atoms with van der Waals surface area (Å²) in [4.78, 5) is 12.2. The normalized spacial score (nSPS) is 10.1. The minimum Gasteiger partial charge on any atom is -0.319 e. The summed E-state index contributed by atoms with van der Waals surface area (Å²) in [6.45, 7) is 0. The van der Waals surface area contributed by atoms with Crippen LogP contribution in [0.1, 0.15) is 16.1 Å². The fourth-order valence-electron chi connectivity index (χ4n) is 1.98. The third-order valence-corrected chi connectivity index (χ3v) is 3.21. The number of hydrogen-bond acceptors (Lipinski definition) is 6. The molecule has 0 radical (unpaired) electrons. The number of halogens is 2. The maximum Gasteiger partial charge on any atom is 0.276 e. The van der Waals surface area contributed by atoms with Crippen LogP contribution in [-0.4, -0.2) is 26.3 Å². The molecule has 1 N–H and O–H groups in total. The van der Waals surface area contributed by atoms with Crippen LogP contribution in [0.5, 0.6) is 0 Å². The highest BCUT2D eigenvalue weighted by molar-refractivity contribution is 6.03. The van der Waals surface area contributed by atoms with Gasteiger partial charge in [-0.1, -0.05) is 0 Å². The molecule has 0 fully saturated rings. The van der Waals surface area contributed by atoms with Gasteiger partial charge in [-0.15, -0.1) is 10.2 Å². The first-order chi connectivity index (χ1) is 12.1. The summed E-state index contributed by atoms with van der Waals surface area (Å²) >= 11 is 0. The lowest BCUT2D eigenvalue weighted by Gasteiger charge is -2.07. The van der Waals surface area contributed by atoms with E-state index in [4.69, 9.17) is 5.26 Å². The van der Waals surface area contributed by atoms with E-state index in [1.807, 2.05) is 0 Å². The monoisotopic (exact) mass is 338 g/mol. The van der Waals surface area contributed by atoms with Crippen molar-refractivity contribution < 1.29 is 13.6 Å². The van der Waals surface area contributed by atoms with Crippen molar-refractivity contribution in [1.29, 1.82) is 5.26 Å². The van der Waals surface area contributed by atoms with Crippen LogP contribution >= 0.6 is 0 Å². The van der Waals surface area contributed by atoms with Crippen LogP contribution in [0.3, 0.4) is 0 Å². The number of aromatic nitrogens is 4. The Morgan fingerprint density at radius 2 is 1.88 bits per heavy atom. The van der Waals surface area contributed by atoms with Gasteiger partial charge in [0, 0.05) is 11.6 Å². The van der Waals surface area contributed by atoms with Gasteiger partial charge >= 0.3 is 0 Å². The zero-order chi connectivity index (χ0) is 17.8. The van der Waals surface area contributed by atoms with Gasteiger partial charge in [0.1, 0.15) is 6.07 Å². The van der Waals surface area contributed by atoms with E-state index in [2.05, 4.69) is 25.7 Å². The maximum atomic E-state index is 13.3. The topological polar surface area (TPSA) is 104 Å². The average Bonchev–Trinajstić information content (AvgIpc) is 2.65. The number of carbonyl (C=O) groups is 1. The minimum absolute atomic E-state index is 0.0561. The molecule has 0 spiro atoms. The Hall–Kier alpha value is -3.80. The second kappa shape index (κ2) is 6.76. The Bertz CT molecular complexity index is 970. The van der Waals surface area contributed by atoms with E-state index < -0.39 is 17.5 Å². The van der Waals surface area contributed by atoms with Gasteiger partial charge in [-0.2, -0.15) is 15.5 Å². The Labute approximate surface area is 140 Å². The van der Waals surface area contributed by atoms with Crippen molar-refractivity contribution in [2.45, 2.75) is 0 Å². The van der Waals surface area contributed by atoms with Gasteiger partial charge in [-0.25, -0.2) is 8.78 Å². The second-order valence-electron chi connectivity index (χ2n) is 4.81. The molecular weight excluding hydrogens is 330 g/mol. The number of nitriles is 1. The summed E-state index contributed by atoms with van der Waals surface area (Å²) in [5.74, 6) is -3.07. The molecule has 0 aliphatic carbocycles. The molecule has 0 atom stereocenters. The van der Waals surface area contributed by atoms with Crippen LogP contribution in [0, 0.1) is 23.0 Å². The van der Waals surface area contributed by atoms with Crippen LogP contribution < -0.4 is 5.32 Å². The van der Waals surface area contributed by atoms with E-state index in [1.165, 1.54) is 18.5 Å². The quantitative estimate of drug-likeness (QED) is 0.786. The lowest BCUT2D eigenvalue weighted by atomic mass is 10.1. The predicted molar refractivity (Wildman–Crippen MR) is 82.1 cm³/mol. The SMILES string of the molecule is N#Cc1cc(F)c(F)cc1NC(=O)c1ccc(-c2ccnnc2)nn1. The Morgan fingerprint density at radius 3 is 2.52 bits per heavy atom. The summed E-state index contributed by atoms with van der Waals surface area (Å²) in [6.07, 6.45) is 2.98. The first-order valence-corrected chi connectivity index (χ1v) is 6.90. The fourth-order valence-corrected chi connectivity index (χ4v) is 1.98. The van der Waals surface area contributed by atoms with Crippen LogP contribution in [0.15, 0.2) is 42.7 Å². The first kappa shape index (κ1) is 16.1. The number of nitrogens with zero attached hydrogens (tertiary/aromatic N) is 5. The fraction of sp³-hybridized carbons (Fsp3) is 0. The highest BCUT2D eigenvalue weighted by Gasteiger charge is 2.15. The zero-order valence-electron chi connectivity index (χ0n) is 12.4. The molecule has 25 heavy (non-hydrogen) atoms. The van der Waals surface area contributed by atoms with Gasteiger partial charge < -0.3 is 5.32 Å². The van der Waals surface area contributed by atoms with Gasteiger partial charge in [-0.3, -0.25) is 4.79 Å². The molecule has 2 heterocycles. The molecule has 122 valence electrons. The number of carbonyl (C=O) groups excluding carboxylic acids is 1. The molecule has 9 heteroatoms. The van der Waals surface area contributed by atoms with Crippen molar-refractivity contribution in [2.24, 2.45) is 0 Å². The molecule has 0 aliphatic heterocycles. The third-order valence-electron chi connectivity index (χ3n) is 3.21. The van der Waals surface area contributed by atoms with Crippen LogP contribution in [0.25, 0.3) is 11.3 Å². The summed E-state index contributed by atoms with van der Waals surface area (Å²) in [6, 6.07) is 7.75. The van der Waals surface area contributed by atoms with Crippen molar-refractivity contribution in [3.8, 4) is 17.3 Å². The largest absolute Gasteiger partial charge is 0.319 e. The molecule has 3 rings (SSSR count). The number of benzene rings is 1. The Morgan fingerprint density at radius 1 is 1.08 bits per heavy atom. The summed E-state index contributed by atoms with van der Waals surface area (Å²) in [5, 5.41) is 26.3. The standard InChI is InChI=1S/C16H8F2N6O/c17-11-5-10(7-19)15(6-12(11)18)22-16(25)14-2-1-13(23-24-14)9-3-4-20-21-8-9/h1-6,8H,(H,22,25). The van der Waals surface area contributed by atoms with Gasteiger partial charge in [0.2, 0.25) is 0 Å². The van der Waals surface area contributed by atoms with Crippen LogP contribution in [0.4, 0.5) is 14.5 Å². The van der Waals surface area contributed by atoms with E-state index in [-0.39, 0.29) is 16.9 Å². The van der Waals surface area contributed by atoms with Crippen molar-refractivity contribution >= 4 is 11.6 Å². The van der Waals surface area contributed by atoms with Crippen LogP contribution in [-0.2, 0) is 0 Å². The summed E-state index contributed by atoms with van der Waals surface area (Å²) in [7, 11) is 0. The number of hydrogen-bond donors (Lipinski definition) is 1. The van der Waals surface area contributed by atoms with Gasteiger partial charge in [0.25, 0.3) is 5.91 Å². The van der Waals surface area contributed by atoms with Gasteiger partial charge in [-0.05, 0) is 24.3 Å². The molecule has 1 aromatic carbocycles. The highest BCUT2D eigenvalue weighted by Crippen LogP contribution is 2.20. The van der Waals surface area contributed by atoms with E-state index >= 15 is 0 Å². The zero-order valence-corrected chi connectivity index (χ0v) is 12.4. The molecule has 0 saturated heterocycles. The second-order valence-corrected chi connectivity index (χ2v) is 4.81. The molecule has 0 unspecified atom stereocenters. The Balaban J connectivity index is 1.83. The lowest BCUT2D eigenvalue weighted by molar-refractivity contribution is 0.102. The van der Waals surface area contributed by atoms with Crippen molar-refractivity contribution in [2.75, 3.05) is 5.32 Å². The van der Waals surface area contributed by atoms with Crippen LogP contribution in [0.2, 0.25) is 0 Å². The minimum atomic E-state index is -1.18. The highest BCUT2D eigenvalue weighted by atomic mass is 19.2. The Kier molecular flexibility index (Phi) is 4.34. The smallest absolute Gasteiger partial charge is 0.276 e. The summed E-state index contributed by atoms with van der Waals surface area (Å²) in [5.41, 5.74) is 0.730. The molecule has 2 aromatic heterocycles. The molecule has 1 amide bonds. The molecule has 0 saturated carbocycles. The third kappa shape index (κ3) is 3.42. The number of nitrogens with one attached hydrogen (secondary N) is 1. The predicted octanol–water partition coefficient (Wildman–Crippen LogP) is 2.34. The summed E-state index contributed by atoms with van der Waals surface area (Å²) < 4.78 is 26.5. The van der Waals surface area contributed by atoms with Gasteiger partial charge in [0.05, 0.1) is 29.3 Å². The van der Waals surface area contributed by atoms with Crippen molar-refractivity contribution in [1.82, 2.24) is 20.4 Å². The van der Waals surface area contributed by atoms with Crippen molar-refractivity contribution in [3.05, 3.63) is 65.6 Å². The molecular formula is C16H8F2N6O. The van der Waals surface area contributed by atoms with E-state index in [9.17, 15) is 13.6 Å². The van der Waals surface area contributed by atoms with E-state index in [0.29, 0.717) is 17.3 Å². The maximum absolute atomic E-state index is 13.3. The molecule has 0 aliphatic rings. The average molecular weight is 338 g/mol. The van der Waals surface area contributed by atoms with Crippen molar-refractivity contribution in [3.63, 3.8) is 0 Å². The first-order valence-electron chi connectivity index (χ1n) is 6.90. The lowest BCUT2D eigenvalue weighted by Crippen LogP contribution is -2.15. The molecule has 0 bridgehead atoms. The number of amides is 1.